The van der Waals surface area contributed by atoms with Crippen molar-refractivity contribution in [1.82, 2.24) is 9.97 Å². The summed E-state index contributed by atoms with van der Waals surface area (Å²) in [6.07, 6.45) is 0. The van der Waals surface area contributed by atoms with E-state index in [1.807, 2.05) is 6.07 Å². The first-order chi connectivity index (χ1) is 25.3. The van der Waals surface area contributed by atoms with Crippen LogP contribution in [0.15, 0.2) is 182 Å². The Labute approximate surface area is 296 Å². The van der Waals surface area contributed by atoms with E-state index < -0.39 is 5.41 Å². The Balaban J connectivity index is 1.21. The van der Waals surface area contributed by atoms with Crippen molar-refractivity contribution >= 4 is 21.5 Å². The first-order valence-corrected chi connectivity index (χ1v) is 17.6. The van der Waals surface area contributed by atoms with Crippen LogP contribution in [-0.4, -0.2) is 9.97 Å². The van der Waals surface area contributed by atoms with Crippen LogP contribution in [0.4, 0.5) is 0 Å². The Morgan fingerprint density at radius 1 is 0.333 bits per heavy atom. The third-order valence-electron chi connectivity index (χ3n) is 11.1. The maximum atomic E-state index is 5.35. The summed E-state index contributed by atoms with van der Waals surface area (Å²) in [5.41, 5.74) is 15.0. The molecule has 0 saturated heterocycles. The van der Waals surface area contributed by atoms with E-state index in [0.717, 1.165) is 33.9 Å². The lowest BCUT2D eigenvalue weighted by Crippen LogP contribution is -2.25. The molecular formula is C49H30N2. The van der Waals surface area contributed by atoms with Crippen molar-refractivity contribution in [3.63, 3.8) is 0 Å². The highest BCUT2D eigenvalue weighted by molar-refractivity contribution is 6.07. The SMILES string of the molecule is c1ccc(-c2nc(-c3ccc4ccccc4c3)cc(-c3cccc4c3-c3ccccc3C43c4ccccc4-c4c3ccc3ccccc43)n2)cc1. The van der Waals surface area contributed by atoms with Gasteiger partial charge in [-0.3, -0.25) is 0 Å². The minimum atomic E-state index is -0.450. The molecule has 11 rings (SSSR count). The van der Waals surface area contributed by atoms with E-state index in [9.17, 15) is 0 Å². The number of hydrogen-bond donors (Lipinski definition) is 0. The van der Waals surface area contributed by atoms with Crippen molar-refractivity contribution in [2.75, 3.05) is 0 Å². The lowest BCUT2D eigenvalue weighted by Gasteiger charge is -2.30. The summed E-state index contributed by atoms with van der Waals surface area (Å²) in [5.74, 6) is 0.720. The Morgan fingerprint density at radius 3 is 1.75 bits per heavy atom. The molecule has 0 fully saturated rings. The van der Waals surface area contributed by atoms with E-state index in [1.165, 1.54) is 66.1 Å². The number of benzene rings is 8. The molecule has 1 unspecified atom stereocenters. The summed E-state index contributed by atoms with van der Waals surface area (Å²) in [4.78, 5) is 10.5. The second-order valence-electron chi connectivity index (χ2n) is 13.7. The normalized spacial score (nSPS) is 15.1. The van der Waals surface area contributed by atoms with Crippen LogP contribution in [-0.2, 0) is 5.41 Å². The van der Waals surface area contributed by atoms with Crippen LogP contribution < -0.4 is 0 Å². The summed E-state index contributed by atoms with van der Waals surface area (Å²) < 4.78 is 0. The Morgan fingerprint density at radius 2 is 0.922 bits per heavy atom. The highest BCUT2D eigenvalue weighted by Crippen LogP contribution is 2.64. The Hall–Kier alpha value is -6.64. The predicted octanol–water partition coefficient (Wildman–Crippen LogP) is 12.1. The van der Waals surface area contributed by atoms with Gasteiger partial charge in [0.1, 0.15) is 0 Å². The average Bonchev–Trinajstić information content (AvgIpc) is 3.68. The van der Waals surface area contributed by atoms with Gasteiger partial charge in [-0.2, -0.15) is 0 Å². The predicted molar refractivity (Wildman–Crippen MR) is 210 cm³/mol. The molecule has 51 heavy (non-hydrogen) atoms. The van der Waals surface area contributed by atoms with Crippen molar-refractivity contribution in [2.24, 2.45) is 0 Å². The lowest BCUT2D eigenvalue weighted by molar-refractivity contribution is 0.794. The monoisotopic (exact) mass is 646 g/mol. The summed E-state index contributed by atoms with van der Waals surface area (Å²) in [5, 5.41) is 4.97. The third-order valence-corrected chi connectivity index (χ3v) is 11.1. The molecule has 0 N–H and O–H groups in total. The van der Waals surface area contributed by atoms with E-state index >= 15 is 0 Å². The van der Waals surface area contributed by atoms with E-state index in [2.05, 4.69) is 176 Å². The van der Waals surface area contributed by atoms with Crippen LogP contribution in [0.3, 0.4) is 0 Å². The zero-order valence-corrected chi connectivity index (χ0v) is 27.7. The first-order valence-electron chi connectivity index (χ1n) is 17.6. The minimum absolute atomic E-state index is 0.450. The molecule has 0 bridgehead atoms. The molecule has 0 radical (unpaired) electrons. The van der Waals surface area contributed by atoms with E-state index in [1.54, 1.807) is 0 Å². The molecule has 8 aromatic carbocycles. The molecule has 1 atom stereocenters. The van der Waals surface area contributed by atoms with Crippen LogP contribution in [0.5, 0.6) is 0 Å². The molecule has 2 aliphatic rings. The number of nitrogens with zero attached hydrogens (tertiary/aromatic N) is 2. The zero-order chi connectivity index (χ0) is 33.5. The van der Waals surface area contributed by atoms with Gasteiger partial charge in [0.2, 0.25) is 0 Å². The lowest BCUT2D eigenvalue weighted by atomic mass is 9.70. The van der Waals surface area contributed by atoms with Crippen molar-refractivity contribution < 1.29 is 0 Å². The van der Waals surface area contributed by atoms with Crippen molar-refractivity contribution in [1.29, 1.82) is 0 Å². The van der Waals surface area contributed by atoms with Crippen LogP contribution in [0.1, 0.15) is 22.3 Å². The van der Waals surface area contributed by atoms with Gasteiger partial charge in [-0.25, -0.2) is 9.97 Å². The fourth-order valence-electron chi connectivity index (χ4n) is 8.97. The topological polar surface area (TPSA) is 25.8 Å². The van der Waals surface area contributed by atoms with Crippen LogP contribution >= 0.6 is 0 Å². The van der Waals surface area contributed by atoms with Crippen molar-refractivity contribution in [3.05, 3.63) is 204 Å². The fraction of sp³-hybridized carbons (Fsp3) is 0.0204. The molecule has 0 aliphatic heterocycles. The Bertz CT molecular complexity index is 2870. The van der Waals surface area contributed by atoms with Gasteiger partial charge in [-0.15, -0.1) is 0 Å². The number of hydrogen-bond acceptors (Lipinski definition) is 2. The second kappa shape index (κ2) is 10.7. The van der Waals surface area contributed by atoms with Gasteiger partial charge in [0.25, 0.3) is 0 Å². The molecule has 1 aromatic heterocycles. The van der Waals surface area contributed by atoms with Gasteiger partial charge in [0.15, 0.2) is 5.82 Å². The number of rotatable bonds is 3. The molecule has 1 heterocycles. The Kier molecular flexibility index (Phi) is 5.91. The zero-order valence-electron chi connectivity index (χ0n) is 27.7. The second-order valence-corrected chi connectivity index (χ2v) is 13.7. The maximum Gasteiger partial charge on any atom is 0.160 e. The van der Waals surface area contributed by atoms with E-state index in [0.29, 0.717) is 0 Å². The van der Waals surface area contributed by atoms with Crippen LogP contribution in [0.25, 0.3) is 77.7 Å². The van der Waals surface area contributed by atoms with E-state index in [4.69, 9.17) is 9.97 Å². The average molecular weight is 647 g/mol. The fourth-order valence-corrected chi connectivity index (χ4v) is 8.97. The molecule has 2 heteroatoms. The molecule has 1 spiro atoms. The molecule has 0 saturated carbocycles. The molecule has 2 nitrogen and oxygen atoms in total. The number of fused-ring (bicyclic) bond motifs is 13. The van der Waals surface area contributed by atoms with Crippen LogP contribution in [0.2, 0.25) is 0 Å². The van der Waals surface area contributed by atoms with Gasteiger partial charge >= 0.3 is 0 Å². The molecule has 0 amide bonds. The molecular weight excluding hydrogens is 617 g/mol. The number of aromatic nitrogens is 2. The molecule has 236 valence electrons. The van der Waals surface area contributed by atoms with Crippen molar-refractivity contribution in [2.45, 2.75) is 5.41 Å². The summed E-state index contributed by atoms with van der Waals surface area (Å²) >= 11 is 0. The van der Waals surface area contributed by atoms with Crippen LogP contribution in [0, 0.1) is 0 Å². The standard InChI is InChI=1S/C49H30N2/c1-2-15-33(16-3-1)48-50-44(35-26-25-31-13-4-5-17-34(31)29-35)30-45(51-48)39-21-12-24-42-47(39)38-20-9-11-23-41(38)49(42)40-22-10-8-19-37(40)46-36-18-7-6-14-32(36)27-28-43(46)49/h1-30H. The van der Waals surface area contributed by atoms with Gasteiger partial charge in [0, 0.05) is 16.7 Å². The first kappa shape index (κ1) is 28.2. The largest absolute Gasteiger partial charge is 0.228 e. The highest BCUT2D eigenvalue weighted by Gasteiger charge is 2.52. The van der Waals surface area contributed by atoms with Gasteiger partial charge in [0.05, 0.1) is 16.8 Å². The highest BCUT2D eigenvalue weighted by atomic mass is 14.9. The quantitative estimate of drug-likeness (QED) is 0.191. The van der Waals surface area contributed by atoms with Crippen molar-refractivity contribution in [3.8, 4) is 56.2 Å². The molecule has 9 aromatic rings. The molecule has 2 aliphatic carbocycles. The summed E-state index contributed by atoms with van der Waals surface area (Å²) in [6.45, 7) is 0. The maximum absolute atomic E-state index is 5.35. The smallest absolute Gasteiger partial charge is 0.160 e. The van der Waals surface area contributed by atoms with Gasteiger partial charge < -0.3 is 0 Å². The minimum Gasteiger partial charge on any atom is -0.228 e. The third kappa shape index (κ3) is 3.93. The van der Waals surface area contributed by atoms with E-state index in [-0.39, 0.29) is 0 Å². The summed E-state index contributed by atoms with van der Waals surface area (Å²) in [6, 6.07) is 66.0. The summed E-state index contributed by atoms with van der Waals surface area (Å²) in [7, 11) is 0. The van der Waals surface area contributed by atoms with Gasteiger partial charge in [-0.1, -0.05) is 170 Å². The van der Waals surface area contributed by atoms with Gasteiger partial charge in [-0.05, 0) is 78.2 Å².